The van der Waals surface area contributed by atoms with Gasteiger partial charge < -0.3 is 20.2 Å². The topological polar surface area (TPSA) is 158 Å². The number of rotatable bonds is 9. The minimum absolute atomic E-state index is 0.234. The molecule has 0 radical (unpaired) electrons. The van der Waals surface area contributed by atoms with Crippen LogP contribution in [0.5, 0.6) is 0 Å². The lowest BCUT2D eigenvalue weighted by Crippen LogP contribution is -2.24. The lowest BCUT2D eigenvalue weighted by Gasteiger charge is -2.07. The van der Waals surface area contributed by atoms with Crippen LogP contribution in [0.15, 0.2) is 59.8 Å². The fraction of sp³-hybridized carbons (Fsp3) is 0.174. The largest absolute Gasteiger partial charge is 0.452 e. The van der Waals surface area contributed by atoms with E-state index in [0.29, 0.717) is 17.1 Å². The van der Waals surface area contributed by atoms with Gasteiger partial charge in [0.25, 0.3) is 11.8 Å². The number of hydrogen-bond donors (Lipinski definition) is 2. The highest BCUT2D eigenvalue weighted by Gasteiger charge is 2.19. The normalized spacial score (nSPS) is 10.7. The number of nitrogens with one attached hydrogen (secondary N) is 2. The Balaban J connectivity index is 1.46. The van der Waals surface area contributed by atoms with Crippen LogP contribution in [0.4, 0.5) is 11.5 Å². The molecule has 3 rings (SSSR count). The van der Waals surface area contributed by atoms with E-state index in [-0.39, 0.29) is 17.9 Å². The molecular weight excluding hydrogens is 456 g/mol. The molecule has 1 aromatic heterocycles. The van der Waals surface area contributed by atoms with Crippen LogP contribution in [0.2, 0.25) is 0 Å². The van der Waals surface area contributed by atoms with Gasteiger partial charge in [-0.15, -0.1) is 0 Å². The van der Waals surface area contributed by atoms with E-state index < -0.39 is 29.3 Å². The molecule has 0 aliphatic rings. The third kappa shape index (κ3) is 7.05. The summed E-state index contributed by atoms with van der Waals surface area (Å²) in [6.45, 7) is 2.73. The Morgan fingerprint density at radius 3 is 2.43 bits per heavy atom. The first-order valence-electron chi connectivity index (χ1n) is 10.3. The van der Waals surface area contributed by atoms with Crippen molar-refractivity contribution in [2.24, 2.45) is 5.10 Å². The SMILES string of the molecule is Cc1ccc(NC(=O)COC(=O)c2ccc(/C=N/NC(=O)Cn3c([N+](=O)[O-])cnc3C)cc2)cc1. The number of carbonyl (C=O) groups excluding carboxylic acids is 3. The molecular formula is C23H22N6O6. The lowest BCUT2D eigenvalue weighted by molar-refractivity contribution is -0.392. The van der Waals surface area contributed by atoms with Crippen molar-refractivity contribution < 1.29 is 24.0 Å². The summed E-state index contributed by atoms with van der Waals surface area (Å²) in [5, 5.41) is 17.4. The number of nitrogens with zero attached hydrogens (tertiary/aromatic N) is 4. The number of hydrazone groups is 1. The maximum atomic E-state index is 12.2. The third-order valence-electron chi connectivity index (χ3n) is 4.74. The van der Waals surface area contributed by atoms with Crippen LogP contribution in [-0.4, -0.2) is 45.1 Å². The van der Waals surface area contributed by atoms with Crippen LogP contribution in [-0.2, 0) is 20.9 Å². The molecule has 180 valence electrons. The van der Waals surface area contributed by atoms with Crippen molar-refractivity contribution in [2.75, 3.05) is 11.9 Å². The van der Waals surface area contributed by atoms with Crippen molar-refractivity contribution in [3.63, 3.8) is 0 Å². The minimum atomic E-state index is -0.668. The maximum Gasteiger partial charge on any atom is 0.343 e. The molecule has 0 bridgehead atoms. The Morgan fingerprint density at radius 1 is 1.09 bits per heavy atom. The Morgan fingerprint density at radius 2 is 1.77 bits per heavy atom. The van der Waals surface area contributed by atoms with Crippen LogP contribution in [0.3, 0.4) is 0 Å². The van der Waals surface area contributed by atoms with Crippen molar-refractivity contribution in [1.29, 1.82) is 0 Å². The Labute approximate surface area is 199 Å². The van der Waals surface area contributed by atoms with Crippen molar-refractivity contribution >= 4 is 35.5 Å². The van der Waals surface area contributed by atoms with Gasteiger partial charge in [-0.1, -0.05) is 29.8 Å². The molecule has 12 nitrogen and oxygen atoms in total. The van der Waals surface area contributed by atoms with E-state index in [1.165, 1.54) is 18.3 Å². The highest BCUT2D eigenvalue weighted by molar-refractivity contribution is 5.96. The number of aryl methyl sites for hydroxylation is 2. The number of hydrogen-bond acceptors (Lipinski definition) is 8. The van der Waals surface area contributed by atoms with Crippen molar-refractivity contribution in [1.82, 2.24) is 15.0 Å². The quantitative estimate of drug-likeness (QED) is 0.207. The second-order valence-electron chi connectivity index (χ2n) is 7.41. The van der Waals surface area contributed by atoms with Crippen LogP contribution in [0, 0.1) is 24.0 Å². The van der Waals surface area contributed by atoms with Crippen molar-refractivity contribution in [2.45, 2.75) is 20.4 Å². The van der Waals surface area contributed by atoms with E-state index in [2.05, 4.69) is 20.8 Å². The highest BCUT2D eigenvalue weighted by Crippen LogP contribution is 2.13. The van der Waals surface area contributed by atoms with Gasteiger partial charge in [0, 0.05) is 12.6 Å². The fourth-order valence-electron chi connectivity index (χ4n) is 2.91. The van der Waals surface area contributed by atoms with Crippen LogP contribution < -0.4 is 10.7 Å². The number of nitro groups is 1. The number of imidazole rings is 1. The zero-order valence-corrected chi connectivity index (χ0v) is 18.9. The molecule has 0 aliphatic heterocycles. The Kier molecular flexibility index (Phi) is 8.01. The predicted molar refractivity (Wildman–Crippen MR) is 126 cm³/mol. The van der Waals surface area contributed by atoms with Gasteiger partial charge >= 0.3 is 11.8 Å². The molecule has 0 fully saturated rings. The number of esters is 1. The first-order valence-corrected chi connectivity index (χ1v) is 10.3. The van der Waals surface area contributed by atoms with Gasteiger partial charge in [-0.3, -0.25) is 9.59 Å². The predicted octanol–water partition coefficient (Wildman–Crippen LogP) is 2.35. The second kappa shape index (κ2) is 11.3. The van der Waals surface area contributed by atoms with Crippen LogP contribution in [0.25, 0.3) is 0 Å². The first kappa shape index (κ1) is 24.8. The molecule has 0 saturated carbocycles. The number of ether oxygens (including phenoxy) is 1. The van der Waals surface area contributed by atoms with E-state index >= 15 is 0 Å². The summed E-state index contributed by atoms with van der Waals surface area (Å²) in [5.74, 6) is -1.67. The van der Waals surface area contributed by atoms with Gasteiger partial charge in [0.2, 0.25) is 0 Å². The van der Waals surface area contributed by atoms with Gasteiger partial charge in [-0.2, -0.15) is 5.10 Å². The van der Waals surface area contributed by atoms with Crippen molar-refractivity contribution in [3.8, 4) is 0 Å². The zero-order chi connectivity index (χ0) is 25.4. The summed E-state index contributed by atoms with van der Waals surface area (Å²) >= 11 is 0. The number of aromatic nitrogens is 2. The molecule has 2 aromatic carbocycles. The monoisotopic (exact) mass is 478 g/mol. The molecule has 2 N–H and O–H groups in total. The first-order chi connectivity index (χ1) is 16.7. The zero-order valence-electron chi connectivity index (χ0n) is 18.9. The molecule has 35 heavy (non-hydrogen) atoms. The summed E-state index contributed by atoms with van der Waals surface area (Å²) < 4.78 is 6.19. The summed E-state index contributed by atoms with van der Waals surface area (Å²) in [7, 11) is 0. The van der Waals surface area contributed by atoms with Gasteiger partial charge in [0.1, 0.15) is 6.20 Å². The van der Waals surface area contributed by atoms with Gasteiger partial charge in [-0.25, -0.2) is 19.8 Å². The minimum Gasteiger partial charge on any atom is -0.452 e. The molecule has 0 spiro atoms. The van der Waals surface area contributed by atoms with E-state index in [1.54, 1.807) is 31.2 Å². The maximum absolute atomic E-state index is 12.2. The molecule has 0 atom stereocenters. The van der Waals surface area contributed by atoms with Gasteiger partial charge in [0.15, 0.2) is 19.0 Å². The number of anilines is 1. The Bertz CT molecular complexity index is 1260. The molecule has 0 aliphatic carbocycles. The lowest BCUT2D eigenvalue weighted by atomic mass is 10.1. The summed E-state index contributed by atoms with van der Waals surface area (Å²) in [5.41, 5.74) is 4.74. The summed E-state index contributed by atoms with van der Waals surface area (Å²) in [6, 6.07) is 13.3. The summed E-state index contributed by atoms with van der Waals surface area (Å²) in [6.07, 6.45) is 2.42. The number of carbonyl (C=O) groups is 3. The van der Waals surface area contributed by atoms with Crippen LogP contribution in [0.1, 0.15) is 27.3 Å². The molecule has 2 amide bonds. The molecule has 12 heteroatoms. The van der Waals surface area contributed by atoms with E-state index in [9.17, 15) is 24.5 Å². The van der Waals surface area contributed by atoms with Crippen molar-refractivity contribution in [3.05, 3.63) is 87.4 Å². The third-order valence-corrected chi connectivity index (χ3v) is 4.74. The number of benzene rings is 2. The fourth-order valence-corrected chi connectivity index (χ4v) is 2.91. The molecule has 0 unspecified atom stereocenters. The standard InChI is InChI=1S/C23H22N6O6/c1-15-3-9-19(10-4-15)26-21(31)14-35-23(32)18-7-5-17(6-8-18)11-25-27-20(30)13-28-16(2)24-12-22(28)29(33)34/h3-12H,13-14H2,1-2H3,(H,26,31)(H,27,30)/b25-11+. The second-order valence-corrected chi connectivity index (χ2v) is 7.41. The van der Waals surface area contributed by atoms with Gasteiger partial charge in [0.05, 0.1) is 11.8 Å². The molecule has 0 saturated heterocycles. The van der Waals surface area contributed by atoms with E-state index in [4.69, 9.17) is 4.74 Å². The van der Waals surface area contributed by atoms with Crippen LogP contribution >= 0.6 is 0 Å². The molecule has 1 heterocycles. The average molecular weight is 478 g/mol. The van der Waals surface area contributed by atoms with E-state index in [1.807, 2.05) is 19.1 Å². The Hall–Kier alpha value is -4.87. The highest BCUT2D eigenvalue weighted by atomic mass is 16.6. The molecule has 3 aromatic rings. The van der Waals surface area contributed by atoms with E-state index in [0.717, 1.165) is 16.3 Å². The summed E-state index contributed by atoms with van der Waals surface area (Å²) in [4.78, 5) is 50.3. The number of amides is 2. The average Bonchev–Trinajstić information content (AvgIpc) is 3.19. The smallest absolute Gasteiger partial charge is 0.343 e. The van der Waals surface area contributed by atoms with Gasteiger partial charge in [-0.05, 0) is 41.7 Å².